The molecule has 0 bridgehead atoms. The van der Waals surface area contributed by atoms with Gasteiger partial charge in [-0.25, -0.2) is 4.98 Å². The van der Waals surface area contributed by atoms with Gasteiger partial charge in [0.2, 0.25) is 5.28 Å². The topological polar surface area (TPSA) is 25.8 Å². The lowest BCUT2D eigenvalue weighted by molar-refractivity contribution is 0.637. The summed E-state index contributed by atoms with van der Waals surface area (Å²) in [5, 5.41) is 1.46. The molecule has 0 fully saturated rings. The van der Waals surface area contributed by atoms with Crippen molar-refractivity contribution in [1.82, 2.24) is 9.36 Å². The van der Waals surface area contributed by atoms with Crippen LogP contribution in [0.3, 0.4) is 0 Å². The van der Waals surface area contributed by atoms with Crippen LogP contribution in [0.1, 0.15) is 37.6 Å². The predicted molar refractivity (Wildman–Crippen MR) is 48.2 cm³/mol. The fourth-order valence-corrected chi connectivity index (χ4v) is 2.08. The lowest BCUT2D eigenvalue weighted by atomic mass is 10.1. The number of nitrogens with zero attached hydrogens (tertiary/aromatic N) is 2. The molecule has 4 heteroatoms. The van der Waals surface area contributed by atoms with E-state index in [1.807, 2.05) is 0 Å². The van der Waals surface area contributed by atoms with Gasteiger partial charge in [0.15, 0.2) is 0 Å². The predicted octanol–water partition coefficient (Wildman–Crippen LogP) is 3.10. The number of hydrogen-bond donors (Lipinski definition) is 0. The van der Waals surface area contributed by atoms with E-state index in [9.17, 15) is 0 Å². The Kier molecular flexibility index (Phi) is 3.27. The second-order valence-corrected chi connectivity index (χ2v) is 3.54. The van der Waals surface area contributed by atoms with E-state index < -0.39 is 0 Å². The van der Waals surface area contributed by atoms with Gasteiger partial charge in [0.25, 0.3) is 0 Å². The summed E-state index contributed by atoms with van der Waals surface area (Å²) in [6, 6.07) is 0. The van der Waals surface area contributed by atoms with E-state index in [1.165, 1.54) is 11.5 Å². The Morgan fingerprint density at radius 2 is 2.09 bits per heavy atom. The maximum absolute atomic E-state index is 5.61. The van der Waals surface area contributed by atoms with E-state index in [0.717, 1.165) is 17.8 Å². The number of hydrogen-bond acceptors (Lipinski definition) is 3. The quantitative estimate of drug-likeness (QED) is 0.732. The molecule has 1 aromatic rings. The summed E-state index contributed by atoms with van der Waals surface area (Å²) in [5.41, 5.74) is 0. The summed E-state index contributed by atoms with van der Waals surface area (Å²) in [5.74, 6) is 0.542. The molecule has 0 aliphatic carbocycles. The molecule has 0 spiro atoms. The standard InChI is InChI=1S/C7H11ClN2S/c1-3-5(4-2)6-9-7(8)10-11-6/h5H,3-4H2,1-2H3. The molecular weight excluding hydrogens is 180 g/mol. The van der Waals surface area contributed by atoms with Crippen LogP contribution >= 0.6 is 23.1 Å². The molecule has 2 nitrogen and oxygen atoms in total. The summed E-state index contributed by atoms with van der Waals surface area (Å²) in [7, 11) is 0. The van der Waals surface area contributed by atoms with Gasteiger partial charge in [-0.05, 0) is 36.0 Å². The van der Waals surface area contributed by atoms with Crippen LogP contribution in [-0.4, -0.2) is 9.36 Å². The third-order valence-corrected chi connectivity index (χ3v) is 2.90. The average Bonchev–Trinajstić information content (AvgIpc) is 2.39. The highest BCUT2D eigenvalue weighted by atomic mass is 35.5. The molecule has 0 aliphatic heterocycles. The van der Waals surface area contributed by atoms with Crippen LogP contribution < -0.4 is 0 Å². The van der Waals surface area contributed by atoms with Crippen LogP contribution in [0.4, 0.5) is 0 Å². The van der Waals surface area contributed by atoms with Crippen LogP contribution in [0.25, 0.3) is 0 Å². The Balaban J connectivity index is 2.73. The first-order valence-corrected chi connectivity index (χ1v) is 4.92. The molecule has 0 saturated carbocycles. The summed E-state index contributed by atoms with van der Waals surface area (Å²) >= 11 is 7.02. The van der Waals surface area contributed by atoms with Crippen molar-refractivity contribution in [2.45, 2.75) is 32.6 Å². The van der Waals surface area contributed by atoms with Gasteiger partial charge >= 0.3 is 0 Å². The van der Waals surface area contributed by atoms with Gasteiger partial charge in [-0.15, -0.1) is 0 Å². The van der Waals surface area contributed by atoms with Crippen molar-refractivity contribution in [3.63, 3.8) is 0 Å². The molecular formula is C7H11ClN2S. The molecule has 0 aromatic carbocycles. The lowest BCUT2D eigenvalue weighted by Crippen LogP contribution is -1.93. The highest BCUT2D eigenvalue weighted by molar-refractivity contribution is 7.05. The van der Waals surface area contributed by atoms with E-state index >= 15 is 0 Å². The zero-order valence-corrected chi connectivity index (χ0v) is 8.24. The zero-order chi connectivity index (χ0) is 8.27. The van der Waals surface area contributed by atoms with Gasteiger partial charge in [0.05, 0.1) is 0 Å². The summed E-state index contributed by atoms with van der Waals surface area (Å²) in [6.07, 6.45) is 2.23. The van der Waals surface area contributed by atoms with Crippen LogP contribution in [-0.2, 0) is 0 Å². The number of aromatic nitrogens is 2. The summed E-state index contributed by atoms with van der Waals surface area (Å²) < 4.78 is 3.93. The Bertz CT molecular complexity index is 220. The summed E-state index contributed by atoms with van der Waals surface area (Å²) in [4.78, 5) is 4.13. The number of halogens is 1. The highest BCUT2D eigenvalue weighted by Crippen LogP contribution is 2.25. The first-order chi connectivity index (χ1) is 5.27. The lowest BCUT2D eigenvalue weighted by Gasteiger charge is -2.05. The normalized spacial score (nSPS) is 10.9. The van der Waals surface area contributed by atoms with E-state index in [-0.39, 0.29) is 0 Å². The van der Waals surface area contributed by atoms with Crippen LogP contribution in [0, 0.1) is 0 Å². The average molecular weight is 191 g/mol. The van der Waals surface area contributed by atoms with E-state index in [1.54, 1.807) is 0 Å². The van der Waals surface area contributed by atoms with Gasteiger partial charge in [-0.3, -0.25) is 0 Å². The largest absolute Gasteiger partial charge is 0.234 e. The Morgan fingerprint density at radius 1 is 1.45 bits per heavy atom. The minimum atomic E-state index is 0.386. The maximum atomic E-state index is 5.61. The first kappa shape index (κ1) is 8.94. The zero-order valence-electron chi connectivity index (χ0n) is 6.67. The van der Waals surface area contributed by atoms with Gasteiger partial charge in [-0.1, -0.05) is 13.8 Å². The fourth-order valence-electron chi connectivity index (χ4n) is 1.02. The highest BCUT2D eigenvalue weighted by Gasteiger charge is 2.11. The fraction of sp³-hybridized carbons (Fsp3) is 0.714. The SMILES string of the molecule is CCC(CC)c1nc(Cl)ns1. The molecule has 0 N–H and O–H groups in total. The molecule has 0 atom stereocenters. The Morgan fingerprint density at radius 3 is 2.45 bits per heavy atom. The molecule has 0 unspecified atom stereocenters. The van der Waals surface area contributed by atoms with Gasteiger partial charge < -0.3 is 0 Å². The summed E-state index contributed by atoms with van der Waals surface area (Å²) in [6.45, 7) is 4.31. The minimum absolute atomic E-state index is 0.386. The number of rotatable bonds is 3. The Hall–Kier alpha value is -0.150. The van der Waals surface area contributed by atoms with Crippen molar-refractivity contribution in [3.05, 3.63) is 10.3 Å². The molecule has 0 saturated heterocycles. The third kappa shape index (κ3) is 2.14. The van der Waals surface area contributed by atoms with Gasteiger partial charge in [-0.2, -0.15) is 4.37 Å². The smallest absolute Gasteiger partial charge is 0.209 e. The van der Waals surface area contributed by atoms with Crippen molar-refractivity contribution in [2.75, 3.05) is 0 Å². The molecule has 1 heterocycles. The molecule has 11 heavy (non-hydrogen) atoms. The monoisotopic (exact) mass is 190 g/mol. The van der Waals surface area contributed by atoms with Crippen molar-refractivity contribution in [3.8, 4) is 0 Å². The minimum Gasteiger partial charge on any atom is -0.209 e. The van der Waals surface area contributed by atoms with Crippen molar-refractivity contribution >= 4 is 23.1 Å². The van der Waals surface area contributed by atoms with E-state index in [0.29, 0.717) is 11.2 Å². The second kappa shape index (κ2) is 4.02. The van der Waals surface area contributed by atoms with E-state index in [4.69, 9.17) is 11.6 Å². The first-order valence-electron chi connectivity index (χ1n) is 3.77. The Labute approximate surface area is 75.8 Å². The van der Waals surface area contributed by atoms with Crippen LogP contribution in [0.2, 0.25) is 5.28 Å². The molecule has 0 radical (unpaired) electrons. The molecule has 0 aliphatic rings. The maximum Gasteiger partial charge on any atom is 0.234 e. The second-order valence-electron chi connectivity index (χ2n) is 2.42. The van der Waals surface area contributed by atoms with Crippen molar-refractivity contribution in [2.24, 2.45) is 0 Å². The van der Waals surface area contributed by atoms with Crippen molar-refractivity contribution < 1.29 is 0 Å². The third-order valence-electron chi connectivity index (χ3n) is 1.75. The van der Waals surface area contributed by atoms with Crippen LogP contribution in [0.5, 0.6) is 0 Å². The van der Waals surface area contributed by atoms with Crippen molar-refractivity contribution in [1.29, 1.82) is 0 Å². The van der Waals surface area contributed by atoms with Gasteiger partial charge in [0.1, 0.15) is 5.01 Å². The van der Waals surface area contributed by atoms with E-state index in [2.05, 4.69) is 23.2 Å². The molecule has 1 aromatic heterocycles. The molecule has 1 rings (SSSR count). The molecule has 62 valence electrons. The van der Waals surface area contributed by atoms with Crippen LogP contribution in [0.15, 0.2) is 0 Å². The van der Waals surface area contributed by atoms with Gasteiger partial charge in [0, 0.05) is 5.92 Å². The molecule has 0 amide bonds.